The molecule has 0 aliphatic heterocycles. The molecule has 0 saturated carbocycles. The van der Waals surface area contributed by atoms with Crippen molar-refractivity contribution in [3.63, 3.8) is 0 Å². The summed E-state index contributed by atoms with van der Waals surface area (Å²) in [7, 11) is 0. The fourth-order valence-corrected chi connectivity index (χ4v) is 2.10. The summed E-state index contributed by atoms with van der Waals surface area (Å²) in [6.45, 7) is 5.49. The Kier molecular flexibility index (Phi) is 7.70. The summed E-state index contributed by atoms with van der Waals surface area (Å²) in [6.07, 6.45) is 1.86. The molecule has 2 rings (SSSR count). The van der Waals surface area contributed by atoms with Crippen LogP contribution >= 0.6 is 0 Å². The maximum absolute atomic E-state index is 11.8. The summed E-state index contributed by atoms with van der Waals surface area (Å²) in [5, 5.41) is 8.20. The molecule has 140 valence electrons. The lowest BCUT2D eigenvalue weighted by Crippen LogP contribution is -2.27. The number of carbonyl (C=O) groups excluding carboxylic acids is 2. The smallest absolute Gasteiger partial charge is 0.319 e. The molecule has 0 aliphatic carbocycles. The second-order valence-electron chi connectivity index (χ2n) is 6.23. The van der Waals surface area contributed by atoms with Crippen molar-refractivity contribution < 1.29 is 18.7 Å². The average molecular weight is 359 g/mol. The molecule has 3 amide bonds. The highest BCUT2D eigenvalue weighted by Crippen LogP contribution is 2.14. The van der Waals surface area contributed by atoms with E-state index in [0.29, 0.717) is 49.2 Å². The molecular formula is C19H25N3O4. The molecule has 1 aromatic heterocycles. The molecule has 0 unspecified atom stereocenters. The van der Waals surface area contributed by atoms with Crippen molar-refractivity contribution in [2.24, 2.45) is 5.92 Å². The minimum absolute atomic E-state index is 0.106. The number of benzene rings is 1. The molecule has 3 N–H and O–H groups in total. The Hall–Kier alpha value is -2.80. The van der Waals surface area contributed by atoms with Crippen molar-refractivity contribution >= 4 is 23.3 Å². The minimum atomic E-state index is -0.333. The standard InChI is InChI=1S/C19H25N3O4/c1-14(2)13-25-11-9-18(23)21-15-5-7-16(8-6-15)22-19(24)20-12-17-4-3-10-26-17/h3-8,10,14H,9,11-13H2,1-2H3,(H,21,23)(H2,20,22,24). The monoisotopic (exact) mass is 359 g/mol. The predicted octanol–water partition coefficient (Wildman–Crippen LogP) is 3.60. The third-order valence-corrected chi connectivity index (χ3v) is 3.35. The van der Waals surface area contributed by atoms with Gasteiger partial charge in [-0.3, -0.25) is 4.79 Å². The van der Waals surface area contributed by atoms with Gasteiger partial charge >= 0.3 is 6.03 Å². The van der Waals surface area contributed by atoms with Gasteiger partial charge in [0.25, 0.3) is 0 Å². The van der Waals surface area contributed by atoms with Crippen LogP contribution < -0.4 is 16.0 Å². The van der Waals surface area contributed by atoms with Gasteiger partial charge < -0.3 is 25.1 Å². The third-order valence-electron chi connectivity index (χ3n) is 3.35. The normalized spacial score (nSPS) is 10.6. The van der Waals surface area contributed by atoms with Crippen LogP contribution in [0.1, 0.15) is 26.0 Å². The first kappa shape index (κ1) is 19.5. The maximum Gasteiger partial charge on any atom is 0.319 e. The summed E-state index contributed by atoms with van der Waals surface area (Å²) >= 11 is 0. The van der Waals surface area contributed by atoms with Gasteiger partial charge in [-0.1, -0.05) is 13.8 Å². The molecule has 26 heavy (non-hydrogen) atoms. The van der Waals surface area contributed by atoms with Crippen LogP contribution in [0.15, 0.2) is 47.1 Å². The lowest BCUT2D eigenvalue weighted by atomic mass is 10.2. The molecule has 0 fully saturated rings. The van der Waals surface area contributed by atoms with E-state index in [1.807, 2.05) is 0 Å². The maximum atomic E-state index is 11.8. The molecule has 2 aromatic rings. The second kappa shape index (κ2) is 10.2. The van der Waals surface area contributed by atoms with E-state index in [1.54, 1.807) is 42.7 Å². The van der Waals surface area contributed by atoms with Crippen molar-refractivity contribution in [1.29, 1.82) is 0 Å². The highest BCUT2D eigenvalue weighted by molar-refractivity contribution is 5.92. The number of furan rings is 1. The van der Waals surface area contributed by atoms with Crippen LogP contribution in [0.2, 0.25) is 0 Å². The molecule has 0 atom stereocenters. The van der Waals surface area contributed by atoms with Gasteiger partial charge in [0.15, 0.2) is 0 Å². The zero-order valence-corrected chi connectivity index (χ0v) is 15.1. The predicted molar refractivity (Wildman–Crippen MR) is 99.9 cm³/mol. The quantitative estimate of drug-likeness (QED) is 0.596. The lowest BCUT2D eigenvalue weighted by molar-refractivity contribution is -0.117. The van der Waals surface area contributed by atoms with Crippen LogP contribution in [0.4, 0.5) is 16.2 Å². The van der Waals surface area contributed by atoms with Gasteiger partial charge in [-0.25, -0.2) is 4.79 Å². The number of ether oxygens (including phenoxy) is 1. The number of nitrogens with one attached hydrogen (secondary N) is 3. The SMILES string of the molecule is CC(C)COCCC(=O)Nc1ccc(NC(=O)NCc2ccco2)cc1. The van der Waals surface area contributed by atoms with Gasteiger partial charge in [0.2, 0.25) is 5.91 Å². The summed E-state index contributed by atoms with van der Waals surface area (Å²) in [5.41, 5.74) is 1.29. The Morgan fingerprint density at radius 3 is 2.38 bits per heavy atom. The van der Waals surface area contributed by atoms with Crippen molar-refractivity contribution in [2.75, 3.05) is 23.8 Å². The Morgan fingerprint density at radius 2 is 1.77 bits per heavy atom. The zero-order valence-electron chi connectivity index (χ0n) is 15.1. The van der Waals surface area contributed by atoms with E-state index < -0.39 is 0 Å². The van der Waals surface area contributed by atoms with Gasteiger partial charge in [-0.05, 0) is 42.3 Å². The Labute approximate surface area is 153 Å². The molecule has 7 nitrogen and oxygen atoms in total. The number of hydrogen-bond acceptors (Lipinski definition) is 4. The Balaban J connectivity index is 1.69. The van der Waals surface area contributed by atoms with Crippen LogP contribution in [0.5, 0.6) is 0 Å². The topological polar surface area (TPSA) is 92.6 Å². The van der Waals surface area contributed by atoms with E-state index >= 15 is 0 Å². The van der Waals surface area contributed by atoms with Gasteiger partial charge in [0.1, 0.15) is 5.76 Å². The highest BCUT2D eigenvalue weighted by Gasteiger charge is 2.05. The van der Waals surface area contributed by atoms with Gasteiger partial charge in [0.05, 0.1) is 25.8 Å². The molecule has 0 bridgehead atoms. The number of urea groups is 1. The first-order valence-corrected chi connectivity index (χ1v) is 8.58. The van der Waals surface area contributed by atoms with E-state index in [9.17, 15) is 9.59 Å². The van der Waals surface area contributed by atoms with E-state index in [1.165, 1.54) is 0 Å². The fraction of sp³-hybridized carbons (Fsp3) is 0.368. The van der Waals surface area contributed by atoms with Gasteiger partial charge in [-0.15, -0.1) is 0 Å². The van der Waals surface area contributed by atoms with Crippen molar-refractivity contribution in [1.82, 2.24) is 5.32 Å². The molecular weight excluding hydrogens is 334 g/mol. The third kappa shape index (κ3) is 7.40. The Bertz CT molecular complexity index is 681. The molecule has 1 heterocycles. The van der Waals surface area contributed by atoms with Crippen LogP contribution in [0.3, 0.4) is 0 Å². The molecule has 1 aromatic carbocycles. The van der Waals surface area contributed by atoms with Crippen LogP contribution in [0.25, 0.3) is 0 Å². The number of anilines is 2. The lowest BCUT2D eigenvalue weighted by Gasteiger charge is -2.09. The molecule has 0 radical (unpaired) electrons. The Morgan fingerprint density at radius 1 is 1.08 bits per heavy atom. The summed E-state index contributed by atoms with van der Waals surface area (Å²) in [6, 6.07) is 10.1. The van der Waals surface area contributed by atoms with Crippen molar-refractivity contribution in [2.45, 2.75) is 26.8 Å². The van der Waals surface area contributed by atoms with Gasteiger partial charge in [0, 0.05) is 18.0 Å². The minimum Gasteiger partial charge on any atom is -0.467 e. The van der Waals surface area contributed by atoms with Crippen molar-refractivity contribution in [3.05, 3.63) is 48.4 Å². The largest absolute Gasteiger partial charge is 0.467 e. The summed E-state index contributed by atoms with van der Waals surface area (Å²) in [4.78, 5) is 23.7. The van der Waals surface area contributed by atoms with Gasteiger partial charge in [-0.2, -0.15) is 0 Å². The molecule has 7 heteroatoms. The van der Waals surface area contributed by atoms with Crippen LogP contribution in [0, 0.1) is 5.92 Å². The summed E-state index contributed by atoms with van der Waals surface area (Å²) in [5.74, 6) is 1.02. The number of rotatable bonds is 9. The summed E-state index contributed by atoms with van der Waals surface area (Å²) < 4.78 is 10.5. The van der Waals surface area contributed by atoms with Crippen molar-refractivity contribution in [3.8, 4) is 0 Å². The highest BCUT2D eigenvalue weighted by atomic mass is 16.5. The average Bonchev–Trinajstić information content (AvgIpc) is 3.12. The van der Waals surface area contributed by atoms with E-state index in [4.69, 9.17) is 9.15 Å². The van der Waals surface area contributed by atoms with E-state index in [0.717, 1.165) is 0 Å². The number of hydrogen-bond donors (Lipinski definition) is 3. The first-order chi connectivity index (χ1) is 12.5. The number of carbonyl (C=O) groups is 2. The zero-order chi connectivity index (χ0) is 18.8. The van der Waals surface area contributed by atoms with E-state index in [-0.39, 0.29) is 11.9 Å². The fourth-order valence-electron chi connectivity index (χ4n) is 2.10. The molecule has 0 aliphatic rings. The van der Waals surface area contributed by atoms with E-state index in [2.05, 4.69) is 29.8 Å². The number of amides is 3. The molecule has 0 spiro atoms. The first-order valence-electron chi connectivity index (χ1n) is 8.58. The molecule has 0 saturated heterocycles. The van der Waals surface area contributed by atoms with Crippen LogP contribution in [-0.2, 0) is 16.1 Å². The van der Waals surface area contributed by atoms with Crippen LogP contribution in [-0.4, -0.2) is 25.2 Å². The second-order valence-corrected chi connectivity index (χ2v) is 6.23.